The van der Waals surface area contributed by atoms with Crippen LogP contribution in [0.15, 0.2) is 29.3 Å². The lowest BCUT2D eigenvalue weighted by Gasteiger charge is -2.13. The van der Waals surface area contributed by atoms with E-state index in [2.05, 4.69) is 20.9 Å². The summed E-state index contributed by atoms with van der Waals surface area (Å²) in [6.45, 7) is 8.34. The molecule has 2 rings (SSSR count). The van der Waals surface area contributed by atoms with Gasteiger partial charge >= 0.3 is 0 Å². The molecule has 1 heterocycles. The topological polar surface area (TPSA) is 93.2 Å². The molecule has 1 unspecified atom stereocenters. The second kappa shape index (κ2) is 13.8. The predicted octanol–water partition coefficient (Wildman–Crippen LogP) is 2.16. The molecule has 29 heavy (non-hydrogen) atoms. The van der Waals surface area contributed by atoms with E-state index in [1.807, 2.05) is 25.1 Å². The minimum atomic E-state index is -0.104. The second-order valence-electron chi connectivity index (χ2n) is 6.81. The lowest BCUT2D eigenvalue weighted by Crippen LogP contribution is -2.39. The van der Waals surface area contributed by atoms with Gasteiger partial charge in [0.25, 0.3) is 0 Å². The maximum Gasteiger partial charge on any atom is 0.221 e. The molecule has 0 spiro atoms. The molecule has 1 fully saturated rings. The standard InChI is InChI=1S/C21H34N4O4/c1-3-22-21(23-10-6-12-27-16-20-9-5-13-28-20)24-11-14-29-19-8-4-7-18(15-19)25-17(2)26/h4,7-8,15,20H,3,5-6,9-14,16H2,1-2H3,(H,25,26)(H2,22,23,24). The first-order valence-electron chi connectivity index (χ1n) is 10.4. The SMILES string of the molecule is CCNC(=NCCCOCC1CCCO1)NCCOc1cccc(NC(C)=O)c1. The zero-order valence-electron chi connectivity index (χ0n) is 17.5. The Kier molecular flexibility index (Phi) is 10.9. The van der Waals surface area contributed by atoms with Gasteiger partial charge in [-0.1, -0.05) is 6.07 Å². The van der Waals surface area contributed by atoms with Gasteiger partial charge in [0.15, 0.2) is 5.96 Å². The van der Waals surface area contributed by atoms with Crippen LogP contribution in [0.4, 0.5) is 5.69 Å². The van der Waals surface area contributed by atoms with Crippen LogP contribution in [0.1, 0.15) is 33.1 Å². The molecule has 1 aromatic carbocycles. The van der Waals surface area contributed by atoms with Gasteiger partial charge in [-0.3, -0.25) is 9.79 Å². The summed E-state index contributed by atoms with van der Waals surface area (Å²) in [5, 5.41) is 9.22. The number of carbonyl (C=O) groups excluding carboxylic acids is 1. The third kappa shape index (κ3) is 10.1. The third-order valence-electron chi connectivity index (χ3n) is 4.21. The summed E-state index contributed by atoms with van der Waals surface area (Å²) in [5.41, 5.74) is 0.722. The molecule has 0 aliphatic carbocycles. The average Bonchev–Trinajstić information content (AvgIpc) is 3.21. The Hall–Kier alpha value is -2.32. The van der Waals surface area contributed by atoms with E-state index in [1.54, 1.807) is 6.07 Å². The zero-order valence-corrected chi connectivity index (χ0v) is 17.5. The van der Waals surface area contributed by atoms with Crippen molar-refractivity contribution >= 4 is 17.6 Å². The van der Waals surface area contributed by atoms with Crippen molar-refractivity contribution in [2.24, 2.45) is 4.99 Å². The molecule has 1 aromatic rings. The zero-order chi connectivity index (χ0) is 20.7. The highest BCUT2D eigenvalue weighted by Crippen LogP contribution is 2.17. The van der Waals surface area contributed by atoms with Crippen molar-refractivity contribution in [2.75, 3.05) is 51.4 Å². The monoisotopic (exact) mass is 406 g/mol. The lowest BCUT2D eigenvalue weighted by molar-refractivity contribution is -0.114. The molecule has 0 bridgehead atoms. The van der Waals surface area contributed by atoms with Crippen LogP contribution in [0.25, 0.3) is 0 Å². The first-order chi connectivity index (χ1) is 14.2. The van der Waals surface area contributed by atoms with Crippen LogP contribution < -0.4 is 20.7 Å². The van der Waals surface area contributed by atoms with Crippen LogP contribution >= 0.6 is 0 Å². The maximum absolute atomic E-state index is 11.1. The molecule has 8 heteroatoms. The summed E-state index contributed by atoms with van der Waals surface area (Å²) < 4.78 is 16.9. The number of carbonyl (C=O) groups is 1. The van der Waals surface area contributed by atoms with Crippen LogP contribution in [0.2, 0.25) is 0 Å². The molecule has 3 N–H and O–H groups in total. The van der Waals surface area contributed by atoms with Gasteiger partial charge in [-0.2, -0.15) is 0 Å². The Balaban J connectivity index is 1.61. The summed E-state index contributed by atoms with van der Waals surface area (Å²) in [6.07, 6.45) is 3.39. The van der Waals surface area contributed by atoms with E-state index in [4.69, 9.17) is 14.2 Å². The quantitative estimate of drug-likeness (QED) is 0.280. The summed E-state index contributed by atoms with van der Waals surface area (Å²) >= 11 is 0. The fourth-order valence-corrected chi connectivity index (χ4v) is 2.89. The van der Waals surface area contributed by atoms with E-state index in [1.165, 1.54) is 6.92 Å². The van der Waals surface area contributed by atoms with Gasteiger partial charge < -0.3 is 30.2 Å². The Morgan fingerprint density at radius 2 is 2.21 bits per heavy atom. The molecule has 1 atom stereocenters. The van der Waals surface area contributed by atoms with Crippen LogP contribution in [0, 0.1) is 0 Å². The normalized spacial score (nSPS) is 16.5. The molecule has 1 saturated heterocycles. The van der Waals surface area contributed by atoms with E-state index in [-0.39, 0.29) is 12.0 Å². The van der Waals surface area contributed by atoms with Crippen molar-refractivity contribution < 1.29 is 19.0 Å². The van der Waals surface area contributed by atoms with Crippen molar-refractivity contribution in [2.45, 2.75) is 39.2 Å². The fourth-order valence-electron chi connectivity index (χ4n) is 2.89. The number of amides is 1. The smallest absolute Gasteiger partial charge is 0.221 e. The molecule has 162 valence electrons. The van der Waals surface area contributed by atoms with E-state index in [0.29, 0.717) is 38.7 Å². The first-order valence-corrected chi connectivity index (χ1v) is 10.4. The Morgan fingerprint density at radius 1 is 1.31 bits per heavy atom. The van der Waals surface area contributed by atoms with Gasteiger partial charge in [0.1, 0.15) is 12.4 Å². The average molecular weight is 407 g/mol. The van der Waals surface area contributed by atoms with Gasteiger partial charge in [0.2, 0.25) is 5.91 Å². The van der Waals surface area contributed by atoms with Crippen molar-refractivity contribution in [3.8, 4) is 5.75 Å². The largest absolute Gasteiger partial charge is 0.492 e. The van der Waals surface area contributed by atoms with Crippen LogP contribution in [0.5, 0.6) is 5.75 Å². The van der Waals surface area contributed by atoms with Gasteiger partial charge in [-0.25, -0.2) is 0 Å². The van der Waals surface area contributed by atoms with E-state index in [0.717, 1.165) is 44.1 Å². The van der Waals surface area contributed by atoms with E-state index in [9.17, 15) is 4.79 Å². The molecule has 1 amide bonds. The molecule has 1 aliphatic rings. The molecule has 1 aliphatic heterocycles. The number of hydrogen-bond acceptors (Lipinski definition) is 5. The minimum Gasteiger partial charge on any atom is -0.492 e. The summed E-state index contributed by atoms with van der Waals surface area (Å²) in [5.74, 6) is 1.37. The molecular weight excluding hydrogens is 372 g/mol. The number of ether oxygens (including phenoxy) is 3. The van der Waals surface area contributed by atoms with Gasteiger partial charge in [-0.05, 0) is 38.3 Å². The highest BCUT2D eigenvalue weighted by Gasteiger charge is 2.14. The lowest BCUT2D eigenvalue weighted by atomic mass is 10.2. The van der Waals surface area contributed by atoms with E-state index < -0.39 is 0 Å². The molecule has 0 radical (unpaired) electrons. The second-order valence-corrected chi connectivity index (χ2v) is 6.81. The Bertz CT molecular complexity index is 633. The van der Waals surface area contributed by atoms with Gasteiger partial charge in [0, 0.05) is 45.0 Å². The number of nitrogens with zero attached hydrogens (tertiary/aromatic N) is 1. The Morgan fingerprint density at radius 3 is 2.97 bits per heavy atom. The molecular formula is C21H34N4O4. The number of guanidine groups is 1. The first kappa shape index (κ1) is 23.0. The van der Waals surface area contributed by atoms with Crippen molar-refractivity contribution in [3.63, 3.8) is 0 Å². The number of benzene rings is 1. The summed E-state index contributed by atoms with van der Waals surface area (Å²) in [7, 11) is 0. The maximum atomic E-state index is 11.1. The summed E-state index contributed by atoms with van der Waals surface area (Å²) in [4.78, 5) is 15.7. The number of rotatable bonds is 12. The molecule has 8 nitrogen and oxygen atoms in total. The predicted molar refractivity (Wildman–Crippen MR) is 115 cm³/mol. The van der Waals surface area contributed by atoms with Crippen molar-refractivity contribution in [3.05, 3.63) is 24.3 Å². The molecule has 0 saturated carbocycles. The number of anilines is 1. The van der Waals surface area contributed by atoms with Crippen LogP contribution in [-0.4, -0.2) is 64.0 Å². The highest BCUT2D eigenvalue weighted by molar-refractivity contribution is 5.88. The number of hydrogen-bond donors (Lipinski definition) is 3. The number of aliphatic imine (C=N–C) groups is 1. The van der Waals surface area contributed by atoms with Crippen molar-refractivity contribution in [1.29, 1.82) is 0 Å². The van der Waals surface area contributed by atoms with Crippen molar-refractivity contribution in [1.82, 2.24) is 10.6 Å². The van der Waals surface area contributed by atoms with Crippen LogP contribution in [-0.2, 0) is 14.3 Å². The van der Waals surface area contributed by atoms with Gasteiger partial charge in [-0.15, -0.1) is 0 Å². The summed E-state index contributed by atoms with van der Waals surface area (Å²) in [6, 6.07) is 7.34. The van der Waals surface area contributed by atoms with Crippen LogP contribution in [0.3, 0.4) is 0 Å². The third-order valence-corrected chi connectivity index (χ3v) is 4.21. The van der Waals surface area contributed by atoms with Gasteiger partial charge in [0.05, 0.1) is 19.3 Å². The Labute approximate surface area is 173 Å². The fraction of sp³-hybridized carbons (Fsp3) is 0.619. The number of nitrogens with one attached hydrogen (secondary N) is 3. The molecule has 0 aromatic heterocycles. The minimum absolute atomic E-state index is 0.104. The van der Waals surface area contributed by atoms with E-state index >= 15 is 0 Å². The highest BCUT2D eigenvalue weighted by atomic mass is 16.5.